The van der Waals surface area contributed by atoms with E-state index in [9.17, 15) is 14.7 Å². The normalized spacial score (nSPS) is 11.6. The SMILES string of the molecule is CC(=O)Nc1ccc(N(S)C(=O)Nc2ccc(C(C)O)c(Cl)c2)cc1. The van der Waals surface area contributed by atoms with E-state index in [1.807, 2.05) is 0 Å². The number of nitrogens with one attached hydrogen (secondary N) is 2. The second-order valence-corrected chi connectivity index (χ2v) is 6.19. The number of amides is 3. The number of nitrogens with zero attached hydrogens (tertiary/aromatic N) is 1. The minimum absolute atomic E-state index is 0.175. The zero-order valence-electron chi connectivity index (χ0n) is 13.7. The molecule has 0 saturated heterocycles. The monoisotopic (exact) mass is 379 g/mol. The summed E-state index contributed by atoms with van der Waals surface area (Å²) in [6.07, 6.45) is -0.694. The van der Waals surface area contributed by atoms with E-state index in [0.29, 0.717) is 27.6 Å². The Morgan fingerprint density at radius 1 is 1.12 bits per heavy atom. The van der Waals surface area contributed by atoms with Crippen molar-refractivity contribution in [1.29, 1.82) is 0 Å². The first-order valence-electron chi connectivity index (χ1n) is 7.43. The minimum atomic E-state index is -0.694. The Balaban J connectivity index is 2.07. The molecule has 0 radical (unpaired) electrons. The number of carbonyl (C=O) groups is 2. The average molecular weight is 380 g/mol. The third-order valence-electron chi connectivity index (χ3n) is 3.33. The van der Waals surface area contributed by atoms with Gasteiger partial charge in [0.2, 0.25) is 5.91 Å². The number of aliphatic hydroxyl groups is 1. The Morgan fingerprint density at radius 3 is 2.24 bits per heavy atom. The molecule has 0 aliphatic carbocycles. The molecular weight excluding hydrogens is 362 g/mol. The highest BCUT2D eigenvalue weighted by atomic mass is 35.5. The van der Waals surface area contributed by atoms with Crippen LogP contribution in [0.2, 0.25) is 5.02 Å². The number of carbonyl (C=O) groups excluding carboxylic acids is 2. The predicted octanol–water partition coefficient (Wildman–Crippen LogP) is 4.24. The fourth-order valence-electron chi connectivity index (χ4n) is 2.13. The van der Waals surface area contributed by atoms with Crippen molar-refractivity contribution in [3.63, 3.8) is 0 Å². The molecule has 0 aliphatic heterocycles. The molecule has 8 heteroatoms. The molecule has 2 aromatic carbocycles. The van der Waals surface area contributed by atoms with Gasteiger partial charge in [0, 0.05) is 23.3 Å². The summed E-state index contributed by atoms with van der Waals surface area (Å²) in [7, 11) is 0. The average Bonchev–Trinajstić information content (AvgIpc) is 2.54. The molecule has 1 atom stereocenters. The molecule has 0 saturated carbocycles. The zero-order chi connectivity index (χ0) is 18.6. The van der Waals surface area contributed by atoms with Gasteiger partial charge in [0.25, 0.3) is 0 Å². The lowest BCUT2D eigenvalue weighted by Gasteiger charge is -2.17. The molecule has 132 valence electrons. The van der Waals surface area contributed by atoms with Crippen LogP contribution >= 0.6 is 24.4 Å². The van der Waals surface area contributed by atoms with Crippen molar-refractivity contribution < 1.29 is 14.7 Å². The number of hydrogen-bond acceptors (Lipinski definition) is 4. The van der Waals surface area contributed by atoms with Gasteiger partial charge in [-0.2, -0.15) is 0 Å². The molecule has 0 aromatic heterocycles. The van der Waals surface area contributed by atoms with Crippen LogP contribution in [0.4, 0.5) is 21.9 Å². The first-order chi connectivity index (χ1) is 11.8. The van der Waals surface area contributed by atoms with Crippen LogP contribution in [0.1, 0.15) is 25.5 Å². The first-order valence-corrected chi connectivity index (χ1v) is 8.21. The number of hydrogen-bond donors (Lipinski definition) is 4. The van der Waals surface area contributed by atoms with Crippen molar-refractivity contribution in [2.45, 2.75) is 20.0 Å². The summed E-state index contributed by atoms with van der Waals surface area (Å²) in [5.74, 6) is -0.175. The smallest absolute Gasteiger partial charge is 0.336 e. The van der Waals surface area contributed by atoms with Crippen molar-refractivity contribution in [2.24, 2.45) is 0 Å². The maximum absolute atomic E-state index is 12.3. The van der Waals surface area contributed by atoms with Gasteiger partial charge in [-0.1, -0.05) is 30.5 Å². The highest BCUT2D eigenvalue weighted by Gasteiger charge is 2.14. The summed E-state index contributed by atoms with van der Waals surface area (Å²) >= 11 is 10.3. The van der Waals surface area contributed by atoms with Crippen molar-refractivity contribution >= 4 is 53.4 Å². The van der Waals surface area contributed by atoms with Gasteiger partial charge in [0.1, 0.15) is 0 Å². The van der Waals surface area contributed by atoms with Crippen LogP contribution in [0, 0.1) is 0 Å². The number of thiol groups is 1. The van der Waals surface area contributed by atoms with Gasteiger partial charge in [-0.3, -0.25) is 4.79 Å². The fraction of sp³-hybridized carbons (Fsp3) is 0.176. The molecule has 3 N–H and O–H groups in total. The number of anilines is 3. The largest absolute Gasteiger partial charge is 0.389 e. The highest BCUT2D eigenvalue weighted by molar-refractivity contribution is 7.82. The van der Waals surface area contributed by atoms with Gasteiger partial charge in [-0.25, -0.2) is 9.10 Å². The molecular formula is C17H18ClN3O3S. The second kappa shape index (κ2) is 8.24. The van der Waals surface area contributed by atoms with E-state index >= 15 is 0 Å². The third kappa shape index (κ3) is 5.12. The maximum atomic E-state index is 12.3. The summed E-state index contributed by atoms with van der Waals surface area (Å²) in [4.78, 5) is 23.3. The molecule has 3 amide bonds. The van der Waals surface area contributed by atoms with Crippen molar-refractivity contribution in [2.75, 3.05) is 14.9 Å². The van der Waals surface area contributed by atoms with Crippen LogP contribution in [-0.4, -0.2) is 17.0 Å². The van der Waals surface area contributed by atoms with Gasteiger partial charge in [-0.05, 0) is 48.9 Å². The third-order valence-corrected chi connectivity index (χ3v) is 4.07. The van der Waals surface area contributed by atoms with Gasteiger partial charge in [-0.15, -0.1) is 0 Å². The van der Waals surface area contributed by atoms with Crippen LogP contribution in [0.25, 0.3) is 0 Å². The lowest BCUT2D eigenvalue weighted by Crippen LogP contribution is -2.26. The summed E-state index contributed by atoms with van der Waals surface area (Å²) in [5, 5.41) is 15.2. The van der Waals surface area contributed by atoms with Crippen molar-refractivity contribution in [1.82, 2.24) is 0 Å². The van der Waals surface area contributed by atoms with E-state index in [1.54, 1.807) is 49.4 Å². The number of aliphatic hydroxyl groups excluding tert-OH is 1. The molecule has 2 rings (SSSR count). The summed E-state index contributed by atoms with van der Waals surface area (Å²) < 4.78 is 1.13. The molecule has 0 spiro atoms. The summed E-state index contributed by atoms with van der Waals surface area (Å²) in [5.41, 5.74) is 2.21. The fourth-order valence-corrected chi connectivity index (χ4v) is 2.65. The van der Waals surface area contributed by atoms with Crippen LogP contribution in [0.3, 0.4) is 0 Å². The molecule has 0 heterocycles. The van der Waals surface area contributed by atoms with Crippen molar-refractivity contribution in [3.05, 3.63) is 53.1 Å². The molecule has 2 aromatic rings. The van der Waals surface area contributed by atoms with Crippen molar-refractivity contribution in [3.8, 4) is 0 Å². The van der Waals surface area contributed by atoms with Crippen LogP contribution in [0.5, 0.6) is 0 Å². The second-order valence-electron chi connectivity index (χ2n) is 5.38. The van der Waals surface area contributed by atoms with E-state index in [-0.39, 0.29) is 5.91 Å². The molecule has 0 fully saturated rings. The highest BCUT2D eigenvalue weighted by Crippen LogP contribution is 2.27. The lowest BCUT2D eigenvalue weighted by molar-refractivity contribution is -0.114. The lowest BCUT2D eigenvalue weighted by atomic mass is 10.1. The van der Waals surface area contributed by atoms with Crippen LogP contribution in [0.15, 0.2) is 42.5 Å². The van der Waals surface area contributed by atoms with Crippen LogP contribution in [-0.2, 0) is 4.79 Å². The Bertz CT molecular complexity index is 781. The van der Waals surface area contributed by atoms with Gasteiger partial charge in [0.15, 0.2) is 0 Å². The number of rotatable bonds is 4. The zero-order valence-corrected chi connectivity index (χ0v) is 15.3. The van der Waals surface area contributed by atoms with Gasteiger partial charge < -0.3 is 15.7 Å². The molecule has 1 unspecified atom stereocenters. The Labute approximate surface area is 156 Å². The number of benzene rings is 2. The quantitative estimate of drug-likeness (QED) is 0.600. The van der Waals surface area contributed by atoms with Gasteiger partial charge in [0.05, 0.1) is 11.8 Å². The van der Waals surface area contributed by atoms with E-state index in [4.69, 9.17) is 11.6 Å². The molecule has 6 nitrogen and oxygen atoms in total. The van der Waals surface area contributed by atoms with E-state index in [0.717, 1.165) is 4.31 Å². The van der Waals surface area contributed by atoms with Crippen LogP contribution < -0.4 is 14.9 Å². The Hall–Kier alpha value is -2.22. The Kier molecular flexibility index (Phi) is 6.30. The standard InChI is InChI=1S/C17H18ClN3O3S/c1-10(22)15-8-5-13(9-16(15)18)20-17(24)21(25)14-6-3-12(4-7-14)19-11(2)23/h3-10,22,25H,1-2H3,(H,19,23)(H,20,24). The predicted molar refractivity (Wildman–Crippen MR) is 103 cm³/mol. The van der Waals surface area contributed by atoms with E-state index in [2.05, 4.69) is 23.4 Å². The molecule has 0 aliphatic rings. The number of urea groups is 1. The first kappa shape index (κ1) is 19.1. The van der Waals surface area contributed by atoms with Gasteiger partial charge >= 0.3 is 6.03 Å². The van der Waals surface area contributed by atoms with E-state index in [1.165, 1.54) is 6.92 Å². The maximum Gasteiger partial charge on any atom is 0.336 e. The Morgan fingerprint density at radius 2 is 1.72 bits per heavy atom. The summed E-state index contributed by atoms with van der Waals surface area (Å²) in [6.45, 7) is 3.03. The molecule has 25 heavy (non-hydrogen) atoms. The summed E-state index contributed by atoms with van der Waals surface area (Å²) in [6, 6.07) is 11.0. The van der Waals surface area contributed by atoms with E-state index < -0.39 is 12.1 Å². The molecule has 0 bridgehead atoms. The number of halogens is 1. The topological polar surface area (TPSA) is 81.7 Å². The minimum Gasteiger partial charge on any atom is -0.389 e.